The molecule has 1 fully saturated rings. The zero-order valence-corrected chi connectivity index (χ0v) is 17.1. The zero-order valence-electron chi connectivity index (χ0n) is 17.1. The van der Waals surface area contributed by atoms with E-state index in [4.69, 9.17) is 0 Å². The standard InChI is InChI=1S/C23H30N2O3/c1-4-8-19-20(21(26)18-12-15(2)11-16(3)13-18)25(23(28)24-22(19)27)14-17-9-6-5-7-10-17/h11-13,17H,4-10,14H2,1-3H3,(H,24,27,28). The average Bonchev–Trinajstić information content (AvgIpc) is 2.65. The third-order valence-corrected chi connectivity index (χ3v) is 5.66. The Kier molecular flexibility index (Phi) is 6.32. The van der Waals surface area contributed by atoms with Crippen LogP contribution in [0.1, 0.15) is 78.2 Å². The van der Waals surface area contributed by atoms with E-state index in [1.54, 1.807) is 4.57 Å². The number of aryl methyl sites for hydroxylation is 2. The van der Waals surface area contributed by atoms with Crippen LogP contribution in [0.15, 0.2) is 27.8 Å². The van der Waals surface area contributed by atoms with Gasteiger partial charge in [0.1, 0.15) is 5.69 Å². The summed E-state index contributed by atoms with van der Waals surface area (Å²) < 4.78 is 1.54. The Morgan fingerprint density at radius 2 is 1.71 bits per heavy atom. The van der Waals surface area contributed by atoms with Crippen molar-refractivity contribution in [3.63, 3.8) is 0 Å². The molecule has 1 heterocycles. The molecule has 1 aromatic heterocycles. The van der Waals surface area contributed by atoms with Gasteiger partial charge in [-0.3, -0.25) is 19.1 Å². The Morgan fingerprint density at radius 1 is 1.07 bits per heavy atom. The molecule has 1 saturated carbocycles. The molecule has 3 rings (SSSR count). The first-order chi connectivity index (χ1) is 13.4. The molecule has 5 heteroatoms. The second-order valence-electron chi connectivity index (χ2n) is 8.16. The van der Waals surface area contributed by atoms with Crippen molar-refractivity contribution in [1.29, 1.82) is 0 Å². The highest BCUT2D eigenvalue weighted by molar-refractivity contribution is 6.09. The summed E-state index contributed by atoms with van der Waals surface area (Å²) in [5.41, 5.74) is 2.34. The molecule has 1 aliphatic carbocycles. The number of rotatable bonds is 6. The number of aromatic amines is 1. The van der Waals surface area contributed by atoms with Gasteiger partial charge in [-0.05, 0) is 51.2 Å². The van der Waals surface area contributed by atoms with Crippen molar-refractivity contribution in [3.05, 3.63) is 67.0 Å². The lowest BCUT2D eigenvalue weighted by molar-refractivity contribution is 0.102. The van der Waals surface area contributed by atoms with E-state index in [-0.39, 0.29) is 11.5 Å². The fourth-order valence-corrected chi connectivity index (χ4v) is 4.40. The van der Waals surface area contributed by atoms with Gasteiger partial charge in [-0.15, -0.1) is 0 Å². The average molecular weight is 383 g/mol. The SMILES string of the molecule is CCCc1c(C(=O)c2cc(C)cc(C)c2)n(CC2CCCCC2)c(=O)[nH]c1=O. The van der Waals surface area contributed by atoms with Crippen molar-refractivity contribution in [2.45, 2.75) is 72.3 Å². The minimum Gasteiger partial charge on any atom is -0.290 e. The Morgan fingerprint density at radius 3 is 2.32 bits per heavy atom. The third kappa shape index (κ3) is 4.34. The Labute approximate surface area is 165 Å². The number of nitrogens with zero attached hydrogens (tertiary/aromatic N) is 1. The first-order valence-corrected chi connectivity index (χ1v) is 10.4. The predicted molar refractivity (Wildman–Crippen MR) is 111 cm³/mol. The van der Waals surface area contributed by atoms with Crippen LogP contribution >= 0.6 is 0 Å². The maximum Gasteiger partial charge on any atom is 0.328 e. The summed E-state index contributed by atoms with van der Waals surface area (Å²) in [6.45, 7) is 6.37. The van der Waals surface area contributed by atoms with Crippen molar-refractivity contribution >= 4 is 5.78 Å². The lowest BCUT2D eigenvalue weighted by Crippen LogP contribution is -2.39. The first kappa shape index (κ1) is 20.3. The van der Waals surface area contributed by atoms with Crippen LogP contribution in [0.4, 0.5) is 0 Å². The van der Waals surface area contributed by atoms with Crippen LogP contribution in [-0.2, 0) is 13.0 Å². The van der Waals surface area contributed by atoms with Gasteiger partial charge < -0.3 is 0 Å². The molecule has 5 nitrogen and oxygen atoms in total. The number of ketones is 1. The van der Waals surface area contributed by atoms with Crippen LogP contribution in [0.2, 0.25) is 0 Å². The highest BCUT2D eigenvalue weighted by Crippen LogP contribution is 2.26. The Hall–Kier alpha value is -2.43. The quantitative estimate of drug-likeness (QED) is 0.770. The molecule has 0 radical (unpaired) electrons. The molecule has 1 N–H and O–H groups in total. The smallest absolute Gasteiger partial charge is 0.290 e. The van der Waals surface area contributed by atoms with E-state index in [2.05, 4.69) is 4.98 Å². The van der Waals surface area contributed by atoms with Crippen LogP contribution in [0.5, 0.6) is 0 Å². The highest BCUT2D eigenvalue weighted by atomic mass is 16.2. The molecule has 0 saturated heterocycles. The lowest BCUT2D eigenvalue weighted by atomic mass is 9.89. The molecule has 0 aliphatic heterocycles. The molecule has 150 valence electrons. The number of carbonyl (C=O) groups excluding carboxylic acids is 1. The van der Waals surface area contributed by atoms with Crippen molar-refractivity contribution in [2.24, 2.45) is 5.92 Å². The van der Waals surface area contributed by atoms with Crippen molar-refractivity contribution in [3.8, 4) is 0 Å². The second-order valence-corrected chi connectivity index (χ2v) is 8.16. The Balaban J connectivity index is 2.15. The van der Waals surface area contributed by atoms with Crippen LogP contribution in [0.25, 0.3) is 0 Å². The molecule has 0 spiro atoms. The van der Waals surface area contributed by atoms with Crippen LogP contribution in [0, 0.1) is 19.8 Å². The number of H-pyrrole nitrogens is 1. The minimum absolute atomic E-state index is 0.228. The van der Waals surface area contributed by atoms with Crippen molar-refractivity contribution in [2.75, 3.05) is 0 Å². The van der Waals surface area contributed by atoms with Gasteiger partial charge >= 0.3 is 5.69 Å². The molecule has 0 bridgehead atoms. The van der Waals surface area contributed by atoms with Gasteiger partial charge in [0.25, 0.3) is 5.56 Å². The van der Waals surface area contributed by atoms with E-state index in [9.17, 15) is 14.4 Å². The summed E-state index contributed by atoms with van der Waals surface area (Å²) in [4.78, 5) is 41.2. The highest BCUT2D eigenvalue weighted by Gasteiger charge is 2.25. The number of hydrogen-bond acceptors (Lipinski definition) is 3. The summed E-state index contributed by atoms with van der Waals surface area (Å²) in [5, 5.41) is 0. The summed E-state index contributed by atoms with van der Waals surface area (Å²) in [6, 6.07) is 5.68. The lowest BCUT2D eigenvalue weighted by Gasteiger charge is -2.24. The van der Waals surface area contributed by atoms with E-state index < -0.39 is 11.2 Å². The molecule has 0 amide bonds. The summed E-state index contributed by atoms with van der Waals surface area (Å²) >= 11 is 0. The topological polar surface area (TPSA) is 71.9 Å². The van der Waals surface area contributed by atoms with E-state index in [0.29, 0.717) is 30.0 Å². The van der Waals surface area contributed by atoms with E-state index in [1.807, 2.05) is 39.0 Å². The molecule has 0 unspecified atom stereocenters. The van der Waals surface area contributed by atoms with Gasteiger partial charge in [0, 0.05) is 17.7 Å². The molecule has 28 heavy (non-hydrogen) atoms. The van der Waals surface area contributed by atoms with Gasteiger partial charge in [-0.1, -0.05) is 49.8 Å². The van der Waals surface area contributed by atoms with Crippen molar-refractivity contribution < 1.29 is 4.79 Å². The largest absolute Gasteiger partial charge is 0.328 e. The maximum atomic E-state index is 13.5. The van der Waals surface area contributed by atoms with Crippen molar-refractivity contribution in [1.82, 2.24) is 9.55 Å². The number of hydrogen-bond donors (Lipinski definition) is 1. The number of carbonyl (C=O) groups is 1. The minimum atomic E-state index is -0.469. The van der Waals surface area contributed by atoms with E-state index >= 15 is 0 Å². The van der Waals surface area contributed by atoms with Crippen LogP contribution < -0.4 is 11.2 Å². The van der Waals surface area contributed by atoms with Crippen LogP contribution in [0.3, 0.4) is 0 Å². The predicted octanol–water partition coefficient (Wildman–Crippen LogP) is 3.92. The fourth-order valence-electron chi connectivity index (χ4n) is 4.40. The third-order valence-electron chi connectivity index (χ3n) is 5.66. The normalized spacial score (nSPS) is 15.0. The second kappa shape index (κ2) is 8.72. The van der Waals surface area contributed by atoms with Gasteiger partial charge in [-0.2, -0.15) is 0 Å². The van der Waals surface area contributed by atoms with E-state index in [1.165, 1.54) is 6.42 Å². The molecule has 1 aliphatic rings. The maximum absolute atomic E-state index is 13.5. The van der Waals surface area contributed by atoms with Gasteiger partial charge in [0.2, 0.25) is 5.78 Å². The number of aromatic nitrogens is 2. The molecular formula is C23H30N2O3. The molecule has 2 aromatic rings. The summed E-state index contributed by atoms with van der Waals surface area (Å²) in [6.07, 6.45) is 6.88. The monoisotopic (exact) mass is 382 g/mol. The summed E-state index contributed by atoms with van der Waals surface area (Å²) in [7, 11) is 0. The molecular weight excluding hydrogens is 352 g/mol. The van der Waals surface area contributed by atoms with Gasteiger partial charge in [0.15, 0.2) is 0 Å². The molecule has 0 atom stereocenters. The van der Waals surface area contributed by atoms with Gasteiger partial charge in [-0.25, -0.2) is 4.79 Å². The molecule has 1 aromatic carbocycles. The zero-order chi connectivity index (χ0) is 20.3. The number of nitrogens with one attached hydrogen (secondary N) is 1. The number of benzene rings is 1. The van der Waals surface area contributed by atoms with E-state index in [0.717, 1.165) is 43.2 Å². The van der Waals surface area contributed by atoms with Crippen LogP contribution in [-0.4, -0.2) is 15.3 Å². The van der Waals surface area contributed by atoms with Gasteiger partial charge in [0.05, 0.1) is 0 Å². The summed E-state index contributed by atoms with van der Waals surface area (Å²) in [5.74, 6) is 0.145. The first-order valence-electron chi connectivity index (χ1n) is 10.4. The Bertz CT molecular complexity index is 958. The fraction of sp³-hybridized carbons (Fsp3) is 0.522.